The van der Waals surface area contributed by atoms with Crippen molar-refractivity contribution in [2.75, 3.05) is 60.5 Å². The van der Waals surface area contributed by atoms with Crippen molar-refractivity contribution in [3.05, 3.63) is 110 Å². The summed E-state index contributed by atoms with van der Waals surface area (Å²) in [6.45, 7) is 6.63. The van der Waals surface area contributed by atoms with E-state index in [1.165, 1.54) is 51.4 Å². The van der Waals surface area contributed by atoms with Gasteiger partial charge >= 0.3 is 0 Å². The molecule has 16 rings (SSSR count). The van der Waals surface area contributed by atoms with Crippen molar-refractivity contribution < 1.29 is 20.1 Å². The number of rotatable bonds is 16. The second kappa shape index (κ2) is 26.8. The maximum Gasteiger partial charge on any atom is 0.245 e. The number of H-pyrrole nitrogens is 1. The maximum absolute atomic E-state index is 10.5. The topological polar surface area (TPSA) is 296 Å². The van der Waals surface area contributed by atoms with Gasteiger partial charge in [-0.15, -0.1) is 30.6 Å². The third kappa shape index (κ3) is 14.0. The minimum Gasteiger partial charge on any atom is -0.507 e. The SMILES string of the molecule is Cn1cc(-c2ccc(-c3cnc(N4CC[C@@H](NC5CCC5)C4)nn3)c(O)c2)cn1.Cn1cc(-c2ccc(-c3cnc(N4CC[C@H](NC5CCC5)C4)nn3)c(O)c2)cn1.Oc1cc(-c2cn[nH]c2)ccc1-c1cnc(N2CCC(CNC3CC4CCC(C3)O4)C2)nn1. The van der Waals surface area contributed by atoms with E-state index in [1.54, 1.807) is 70.9 Å². The Morgan fingerprint density at radius 1 is 0.473 bits per heavy atom. The van der Waals surface area contributed by atoms with Gasteiger partial charge in [-0.3, -0.25) is 14.5 Å². The van der Waals surface area contributed by atoms with E-state index < -0.39 is 0 Å². The van der Waals surface area contributed by atoms with Gasteiger partial charge in [-0.05, 0) is 136 Å². The molecule has 7 fully saturated rings. The van der Waals surface area contributed by atoms with Gasteiger partial charge in [0.2, 0.25) is 17.8 Å². The molecule has 2 aliphatic carbocycles. The van der Waals surface area contributed by atoms with Crippen molar-refractivity contribution in [2.24, 2.45) is 20.0 Å². The highest BCUT2D eigenvalue weighted by atomic mass is 16.5. The summed E-state index contributed by atoms with van der Waals surface area (Å²) in [5.74, 6) is 3.00. The van der Waals surface area contributed by atoms with Crippen LogP contribution in [-0.4, -0.2) is 179 Å². The predicted molar refractivity (Wildman–Crippen MR) is 345 cm³/mol. The largest absolute Gasteiger partial charge is 0.507 e. The van der Waals surface area contributed by atoms with Crippen molar-refractivity contribution >= 4 is 17.8 Å². The molecule has 9 aromatic rings. The van der Waals surface area contributed by atoms with Gasteiger partial charge in [0, 0.05) is 136 Å². The summed E-state index contributed by atoms with van der Waals surface area (Å²) in [5, 5.41) is 83.8. The third-order valence-corrected chi connectivity index (χ3v) is 19.0. The number of nitrogens with zero attached hydrogens (tertiary/aromatic N) is 17. The van der Waals surface area contributed by atoms with Crippen LogP contribution in [0.2, 0.25) is 0 Å². The molecule has 7 N–H and O–H groups in total. The molecule has 2 saturated carbocycles. The molecule has 5 atom stereocenters. The summed E-state index contributed by atoms with van der Waals surface area (Å²) in [6.07, 6.45) is 32.9. The van der Waals surface area contributed by atoms with Crippen LogP contribution >= 0.6 is 0 Å². The zero-order valence-electron chi connectivity index (χ0n) is 51.5. The lowest BCUT2D eigenvalue weighted by molar-refractivity contribution is -0.00905. The van der Waals surface area contributed by atoms with E-state index in [0.29, 0.717) is 100.0 Å². The molecule has 3 aromatic carbocycles. The fraction of sp³-hybridized carbons (Fsp3) is 0.455. The van der Waals surface area contributed by atoms with Gasteiger partial charge in [-0.2, -0.15) is 15.3 Å². The molecule has 0 spiro atoms. The van der Waals surface area contributed by atoms with Gasteiger partial charge in [0.1, 0.15) is 34.3 Å². The first-order chi connectivity index (χ1) is 44.5. The molecule has 2 bridgehead atoms. The molecule has 11 heterocycles. The third-order valence-electron chi connectivity index (χ3n) is 19.0. The Balaban J connectivity index is 0.000000119. The van der Waals surface area contributed by atoms with Gasteiger partial charge in [-0.1, -0.05) is 31.0 Å². The molecule has 5 aliphatic heterocycles. The van der Waals surface area contributed by atoms with Crippen LogP contribution in [0.3, 0.4) is 0 Å². The quantitative estimate of drug-likeness (QED) is 0.0493. The van der Waals surface area contributed by atoms with E-state index >= 15 is 0 Å². The van der Waals surface area contributed by atoms with E-state index in [4.69, 9.17) is 4.74 Å². The summed E-state index contributed by atoms with van der Waals surface area (Å²) < 4.78 is 9.42. The van der Waals surface area contributed by atoms with E-state index in [1.807, 2.05) is 62.9 Å². The first kappa shape index (κ1) is 59.6. The molecule has 3 unspecified atom stereocenters. The molecule has 25 nitrogen and oxygen atoms in total. The van der Waals surface area contributed by atoms with Crippen LogP contribution in [0.25, 0.3) is 67.2 Å². The van der Waals surface area contributed by atoms with Gasteiger partial charge < -0.3 is 50.7 Å². The van der Waals surface area contributed by atoms with Crippen molar-refractivity contribution in [1.82, 2.24) is 91.3 Å². The summed E-state index contributed by atoms with van der Waals surface area (Å²) >= 11 is 0. The van der Waals surface area contributed by atoms with E-state index in [-0.39, 0.29) is 17.2 Å². The zero-order chi connectivity index (χ0) is 61.8. The molecule has 472 valence electrons. The second-order valence-corrected chi connectivity index (χ2v) is 25.5. The van der Waals surface area contributed by atoms with E-state index in [9.17, 15) is 15.3 Å². The van der Waals surface area contributed by atoms with Gasteiger partial charge in [0.15, 0.2) is 0 Å². The number of aromatic nitrogens is 15. The van der Waals surface area contributed by atoms with Gasteiger partial charge in [0.25, 0.3) is 0 Å². The Morgan fingerprint density at radius 2 is 0.923 bits per heavy atom. The fourth-order valence-corrected chi connectivity index (χ4v) is 13.5. The molecule has 0 radical (unpaired) electrons. The van der Waals surface area contributed by atoms with Crippen LogP contribution in [-0.2, 0) is 18.8 Å². The van der Waals surface area contributed by atoms with E-state index in [2.05, 4.69) is 96.6 Å². The lowest BCUT2D eigenvalue weighted by Gasteiger charge is -2.30. The number of anilines is 3. The number of hydrogen-bond donors (Lipinski definition) is 7. The standard InChI is InChI=1S/C24H29N7O2.2C21H25N7O/c32-23-7-16(17-11-27-28-12-17)1-4-21(23)22-13-26-24(30-29-22)31-6-5-15(14-31)10-25-18-8-19-2-3-20(9-18)33-19;2*1-27-12-15(10-23-27)14-5-6-18(20(29)9-14)19-11-22-21(26-25-19)28-8-7-17(13-28)24-16-3-2-4-16/h1,4,7,11-13,15,18-20,25,32H,2-3,5-6,8-10,14H2,(H,27,28);2*5-6,9-12,16-17,24,29H,2-4,7-8,13H2,1H3/t;2*17-/m.10/s1. The van der Waals surface area contributed by atoms with Crippen molar-refractivity contribution in [3.63, 3.8) is 0 Å². The predicted octanol–water partition coefficient (Wildman–Crippen LogP) is 7.49. The number of phenols is 3. The Labute approximate surface area is 528 Å². The van der Waals surface area contributed by atoms with Crippen LogP contribution < -0.4 is 30.7 Å². The minimum absolute atomic E-state index is 0.145. The van der Waals surface area contributed by atoms with Crippen LogP contribution in [0.4, 0.5) is 17.8 Å². The highest BCUT2D eigenvalue weighted by Gasteiger charge is 2.36. The fourth-order valence-electron chi connectivity index (χ4n) is 13.5. The van der Waals surface area contributed by atoms with Crippen LogP contribution in [0.5, 0.6) is 17.2 Å². The molecular formula is C66H79N21O4. The van der Waals surface area contributed by atoms with Crippen LogP contribution in [0.1, 0.15) is 83.5 Å². The number of nitrogens with one attached hydrogen (secondary N) is 4. The normalized spacial score (nSPS) is 22.1. The number of fused-ring (bicyclic) bond motifs is 2. The number of benzene rings is 3. The summed E-state index contributed by atoms with van der Waals surface area (Å²) in [6, 6.07) is 19.5. The zero-order valence-corrected chi connectivity index (χ0v) is 51.5. The molecule has 0 amide bonds. The molecule has 7 aliphatic rings. The Hall–Kier alpha value is -9.04. The highest BCUT2D eigenvalue weighted by Crippen LogP contribution is 2.37. The summed E-state index contributed by atoms with van der Waals surface area (Å²) in [7, 11) is 3.74. The van der Waals surface area contributed by atoms with Gasteiger partial charge in [-0.25, -0.2) is 15.0 Å². The number of aromatic amines is 1. The smallest absolute Gasteiger partial charge is 0.245 e. The Morgan fingerprint density at radius 3 is 1.31 bits per heavy atom. The van der Waals surface area contributed by atoms with Gasteiger partial charge in [0.05, 0.1) is 49.4 Å². The molecule has 5 saturated heterocycles. The highest BCUT2D eigenvalue weighted by molar-refractivity contribution is 5.76. The molecule has 25 heteroatoms. The van der Waals surface area contributed by atoms with Crippen LogP contribution in [0.15, 0.2) is 110 Å². The van der Waals surface area contributed by atoms with Crippen LogP contribution in [0, 0.1) is 5.92 Å². The molecule has 91 heavy (non-hydrogen) atoms. The molecular weight excluding hydrogens is 1150 g/mol. The first-order valence-electron chi connectivity index (χ1n) is 32.2. The number of ether oxygens (including phenoxy) is 1. The summed E-state index contributed by atoms with van der Waals surface area (Å²) in [4.78, 5) is 20.1. The van der Waals surface area contributed by atoms with Crippen molar-refractivity contribution in [3.8, 4) is 84.4 Å². The van der Waals surface area contributed by atoms with E-state index in [0.717, 1.165) is 111 Å². The average molecular weight is 1230 g/mol. The summed E-state index contributed by atoms with van der Waals surface area (Å²) in [5.41, 5.74) is 9.04. The monoisotopic (exact) mass is 1230 g/mol. The lowest BCUT2D eigenvalue weighted by Crippen LogP contribution is -2.43. The number of hydrogen-bond acceptors (Lipinski definition) is 22. The Kier molecular flexibility index (Phi) is 17.5. The molecule has 6 aromatic heterocycles. The number of aryl methyl sites for hydroxylation is 2. The second-order valence-electron chi connectivity index (χ2n) is 25.5. The lowest BCUT2D eigenvalue weighted by atomic mass is 9.92. The average Bonchev–Trinajstić information content (AvgIpc) is 3.55. The minimum atomic E-state index is 0.145. The number of phenolic OH excluding ortho intramolecular Hbond substituents is 3. The maximum atomic E-state index is 10.5. The first-order valence-corrected chi connectivity index (χ1v) is 32.2. The Bertz CT molecular complexity index is 3700. The van der Waals surface area contributed by atoms with Crippen molar-refractivity contribution in [1.29, 1.82) is 0 Å². The number of aromatic hydroxyl groups is 3. The van der Waals surface area contributed by atoms with Crippen molar-refractivity contribution in [2.45, 2.75) is 126 Å².